The molecule has 61 heavy (non-hydrogen) atoms. The summed E-state index contributed by atoms with van der Waals surface area (Å²) in [4.78, 5) is 44.4. The van der Waals surface area contributed by atoms with Crippen LogP contribution in [0.3, 0.4) is 0 Å². The molecule has 0 spiro atoms. The van der Waals surface area contributed by atoms with Gasteiger partial charge in [0.2, 0.25) is 5.69 Å². The Morgan fingerprint density at radius 3 is 2.28 bits per heavy atom. The Kier molecular flexibility index (Phi) is 14.5. The van der Waals surface area contributed by atoms with Crippen molar-refractivity contribution in [1.82, 2.24) is 5.06 Å². The molecule has 0 saturated carbocycles. The molecule has 0 aromatic heterocycles. The summed E-state index contributed by atoms with van der Waals surface area (Å²) in [5.41, 5.74) is 14.6. The van der Waals surface area contributed by atoms with Gasteiger partial charge in [0.05, 0.1) is 5.41 Å². The molecule has 0 aliphatic carbocycles. The molecule has 1 fully saturated rings. The van der Waals surface area contributed by atoms with Crippen LogP contribution in [0, 0.1) is 0 Å². The van der Waals surface area contributed by atoms with E-state index in [4.69, 9.17) is 4.84 Å². The van der Waals surface area contributed by atoms with Gasteiger partial charge in [-0.2, -0.15) is 4.58 Å². The zero-order chi connectivity index (χ0) is 43.9. The van der Waals surface area contributed by atoms with Crippen molar-refractivity contribution < 1.29 is 23.8 Å². The van der Waals surface area contributed by atoms with E-state index in [-0.39, 0.29) is 30.1 Å². The lowest BCUT2D eigenvalue weighted by Crippen LogP contribution is -2.31. The van der Waals surface area contributed by atoms with Gasteiger partial charge in [-0.1, -0.05) is 109 Å². The van der Waals surface area contributed by atoms with Crippen LogP contribution in [0.15, 0.2) is 97.2 Å². The highest BCUT2D eigenvalue weighted by Crippen LogP contribution is 2.49. The molecule has 1 saturated heterocycles. The van der Waals surface area contributed by atoms with Gasteiger partial charge in [0.1, 0.15) is 6.54 Å². The van der Waals surface area contributed by atoms with Crippen LogP contribution >= 0.6 is 0 Å². The predicted molar refractivity (Wildman–Crippen MR) is 251 cm³/mol. The Bertz CT molecular complexity index is 2270. The zero-order valence-corrected chi connectivity index (χ0v) is 38.2. The van der Waals surface area contributed by atoms with Crippen molar-refractivity contribution in [3.63, 3.8) is 0 Å². The number of aryl methyl sites for hydroxylation is 2. The first-order valence-electron chi connectivity index (χ1n) is 22.8. The van der Waals surface area contributed by atoms with Gasteiger partial charge in [-0.15, -0.1) is 5.06 Å². The van der Waals surface area contributed by atoms with Crippen LogP contribution in [0.5, 0.6) is 0 Å². The maximum absolute atomic E-state index is 12.6. The minimum Gasteiger partial charge on any atom is -0.344 e. The number of benzene rings is 3. The lowest BCUT2D eigenvalue weighted by molar-refractivity contribution is -0.438. The molecule has 0 N–H and O–H groups in total. The monoisotopic (exact) mass is 823 g/mol. The number of imide groups is 1. The standard InChI is InChI=1S/C54H68N3O4/c1-10-13-34-55-46-28-24-39(19-12-3)36-44(46)53(6,7)48(55)30-26-41(27-31-49-54(8,9)45-37-42(38(4)5)25-29-47(45)56(49)35-14-11-2)43-22-17-15-20-40(43)21-16-18-23-52(60)61-57-50(58)32-33-51(57)59/h15,17,20,22,24-31,36-37H,4,10-14,16,18-19,21,23,32-35H2,1-3,5-9H3/q+1. The average Bonchev–Trinajstić information content (AvgIpc) is 3.75. The van der Waals surface area contributed by atoms with Crippen molar-refractivity contribution in [2.45, 2.75) is 143 Å². The summed E-state index contributed by atoms with van der Waals surface area (Å²) in [5.74, 6) is -1.47. The predicted octanol–water partition coefficient (Wildman–Crippen LogP) is 12.3. The Labute approximate surface area is 365 Å². The number of fused-ring (bicyclic) bond motifs is 2. The van der Waals surface area contributed by atoms with Crippen LogP contribution in [-0.2, 0) is 42.9 Å². The second-order valence-electron chi connectivity index (χ2n) is 18.2. The van der Waals surface area contributed by atoms with E-state index in [0.717, 1.165) is 81.2 Å². The molecule has 3 aromatic carbocycles. The third-order valence-corrected chi connectivity index (χ3v) is 12.8. The third kappa shape index (κ3) is 9.77. The number of hydrogen-bond acceptors (Lipinski definition) is 5. The van der Waals surface area contributed by atoms with Gasteiger partial charge in [-0.3, -0.25) is 9.59 Å². The van der Waals surface area contributed by atoms with Gasteiger partial charge in [-0.05, 0) is 117 Å². The molecule has 0 atom stereocenters. The van der Waals surface area contributed by atoms with Crippen LogP contribution in [0.1, 0.15) is 153 Å². The van der Waals surface area contributed by atoms with Crippen LogP contribution in [0.2, 0.25) is 0 Å². The van der Waals surface area contributed by atoms with Crippen molar-refractivity contribution in [2.75, 3.05) is 18.0 Å². The topological polar surface area (TPSA) is 69.9 Å². The molecule has 6 rings (SSSR count). The Hall–Kier alpha value is -5.30. The SMILES string of the molecule is C=C(C)c1ccc2c(c1)C(C)(C)C(C=CC(=CC=C1N(CCCC)c3ccc(CCC)cc3C1(C)C)c1ccccc1CCCCC(=O)ON1C(=O)CCC1=O)=[N+]2CCCC. The first-order valence-corrected chi connectivity index (χ1v) is 22.8. The molecule has 0 radical (unpaired) electrons. The lowest BCUT2D eigenvalue weighted by Gasteiger charge is -2.27. The summed E-state index contributed by atoms with van der Waals surface area (Å²) < 4.78 is 2.53. The first-order chi connectivity index (χ1) is 29.2. The Balaban J connectivity index is 1.40. The van der Waals surface area contributed by atoms with E-state index in [1.807, 2.05) is 0 Å². The molecule has 3 aliphatic heterocycles. The fraction of sp³-hybridized carbons (Fsp3) is 0.444. The summed E-state index contributed by atoms with van der Waals surface area (Å²) in [5, 5.41) is 0.637. The van der Waals surface area contributed by atoms with Gasteiger partial charge in [-0.25, -0.2) is 4.79 Å². The van der Waals surface area contributed by atoms with Crippen molar-refractivity contribution in [3.8, 4) is 0 Å². The smallest absolute Gasteiger partial charge is 0.333 e. The summed E-state index contributed by atoms with van der Waals surface area (Å²) >= 11 is 0. The molecule has 7 heteroatoms. The molecular weight excluding hydrogens is 755 g/mol. The van der Waals surface area contributed by atoms with E-state index in [1.54, 1.807) is 0 Å². The molecule has 0 unspecified atom stereocenters. The van der Waals surface area contributed by atoms with Crippen LogP contribution in [-0.4, -0.2) is 46.2 Å². The summed E-state index contributed by atoms with van der Waals surface area (Å²) in [6.45, 7) is 24.4. The maximum atomic E-state index is 12.6. The van der Waals surface area contributed by atoms with E-state index < -0.39 is 17.8 Å². The fourth-order valence-electron chi connectivity index (χ4n) is 9.20. The number of carbonyl (C=O) groups excluding carboxylic acids is 3. The van der Waals surface area contributed by atoms with E-state index in [0.29, 0.717) is 11.5 Å². The molecule has 322 valence electrons. The minimum absolute atomic E-state index is 0.0847. The quantitative estimate of drug-likeness (QED) is 0.0521. The highest BCUT2D eigenvalue weighted by atomic mass is 16.7. The molecule has 7 nitrogen and oxygen atoms in total. The number of hydrogen-bond donors (Lipinski definition) is 0. The second kappa shape index (κ2) is 19.6. The molecule has 3 heterocycles. The number of anilines is 1. The van der Waals surface area contributed by atoms with Crippen molar-refractivity contribution in [1.29, 1.82) is 0 Å². The number of amides is 2. The highest BCUT2D eigenvalue weighted by Gasteiger charge is 2.44. The van der Waals surface area contributed by atoms with Gasteiger partial charge in [0.15, 0.2) is 5.71 Å². The van der Waals surface area contributed by atoms with Crippen LogP contribution in [0.25, 0.3) is 11.1 Å². The maximum Gasteiger partial charge on any atom is 0.333 e. The second-order valence-corrected chi connectivity index (χ2v) is 18.2. The van der Waals surface area contributed by atoms with Crippen LogP contribution < -0.4 is 4.90 Å². The summed E-state index contributed by atoms with van der Waals surface area (Å²) in [6.07, 6.45) is 18.4. The molecule has 3 aliphatic rings. The zero-order valence-electron chi connectivity index (χ0n) is 38.2. The Morgan fingerprint density at radius 2 is 1.57 bits per heavy atom. The fourth-order valence-corrected chi connectivity index (χ4v) is 9.20. The summed E-state index contributed by atoms with van der Waals surface area (Å²) in [6, 6.07) is 22.5. The summed E-state index contributed by atoms with van der Waals surface area (Å²) in [7, 11) is 0. The number of allylic oxidation sites excluding steroid dienone is 7. The van der Waals surface area contributed by atoms with Crippen molar-refractivity contribution in [2.24, 2.45) is 0 Å². The van der Waals surface area contributed by atoms with Gasteiger partial charge in [0.25, 0.3) is 11.8 Å². The van der Waals surface area contributed by atoms with E-state index in [9.17, 15) is 14.4 Å². The number of nitrogens with zero attached hydrogens (tertiary/aromatic N) is 3. The normalized spacial score (nSPS) is 17.6. The number of hydroxylamine groups is 2. The first kappa shape index (κ1) is 45.2. The average molecular weight is 823 g/mol. The lowest BCUT2D eigenvalue weighted by atomic mass is 9.80. The largest absolute Gasteiger partial charge is 0.344 e. The van der Waals surface area contributed by atoms with Crippen LogP contribution in [0.4, 0.5) is 11.4 Å². The van der Waals surface area contributed by atoms with E-state index in [2.05, 4.69) is 156 Å². The highest BCUT2D eigenvalue weighted by molar-refractivity contribution is 6.05. The minimum atomic E-state index is -0.554. The van der Waals surface area contributed by atoms with E-state index >= 15 is 0 Å². The molecular formula is C54H68N3O4+. The third-order valence-electron chi connectivity index (χ3n) is 12.8. The number of rotatable bonds is 19. The number of unbranched alkanes of at least 4 members (excludes halogenated alkanes) is 3. The van der Waals surface area contributed by atoms with E-state index in [1.165, 1.54) is 50.6 Å². The molecule has 0 bridgehead atoms. The Morgan fingerprint density at radius 1 is 0.836 bits per heavy atom. The van der Waals surface area contributed by atoms with Crippen molar-refractivity contribution >= 4 is 46.0 Å². The van der Waals surface area contributed by atoms with Crippen molar-refractivity contribution in [3.05, 3.63) is 131 Å². The van der Waals surface area contributed by atoms with Gasteiger partial charge in [0, 0.05) is 66.7 Å². The van der Waals surface area contributed by atoms with Gasteiger partial charge >= 0.3 is 5.97 Å². The van der Waals surface area contributed by atoms with Gasteiger partial charge < -0.3 is 9.74 Å². The molecule has 2 amide bonds. The molecule has 3 aromatic rings. The number of carbonyl (C=O) groups is 3.